The maximum Gasteiger partial charge on any atom is 0.232 e. The van der Waals surface area contributed by atoms with Crippen molar-refractivity contribution in [2.24, 2.45) is 0 Å². The molecule has 0 unspecified atom stereocenters. The van der Waals surface area contributed by atoms with Gasteiger partial charge in [0.05, 0.1) is 25.3 Å². The summed E-state index contributed by atoms with van der Waals surface area (Å²) in [4.78, 5) is 14.5. The number of nitrogens with zero attached hydrogens (tertiary/aromatic N) is 2. The van der Waals surface area contributed by atoms with Crippen LogP contribution in [0.25, 0.3) is 0 Å². The Bertz CT molecular complexity index is 663. The molecule has 1 aromatic carbocycles. The van der Waals surface area contributed by atoms with E-state index in [0.29, 0.717) is 5.76 Å². The Labute approximate surface area is 135 Å². The molecule has 1 aliphatic heterocycles. The highest BCUT2D eigenvalue weighted by Crippen LogP contribution is 2.18. The Morgan fingerprint density at radius 2 is 2.09 bits per heavy atom. The summed E-state index contributed by atoms with van der Waals surface area (Å²) in [5.74, 6) is 0.473. The number of carbonyl (C=O) groups is 1. The number of hydrogen-bond donors (Lipinski definition) is 1. The minimum atomic E-state index is -0.101. The Morgan fingerprint density at radius 3 is 2.83 bits per heavy atom. The minimum Gasteiger partial charge on any atom is -0.379 e. The molecule has 1 saturated heterocycles. The predicted octanol–water partition coefficient (Wildman–Crippen LogP) is 2.00. The van der Waals surface area contributed by atoms with Gasteiger partial charge in [0.1, 0.15) is 5.76 Å². The van der Waals surface area contributed by atoms with Crippen LogP contribution in [0.1, 0.15) is 17.0 Å². The number of ether oxygens (including phenoxy) is 1. The number of morpholine rings is 1. The first kappa shape index (κ1) is 15.7. The molecular weight excluding hydrogens is 294 g/mol. The van der Waals surface area contributed by atoms with Gasteiger partial charge in [-0.3, -0.25) is 9.69 Å². The molecule has 6 heteroatoms. The molecular formula is C17H21N3O3. The van der Waals surface area contributed by atoms with Crippen LogP contribution in [0.4, 0.5) is 5.69 Å². The maximum atomic E-state index is 12.2. The zero-order valence-corrected chi connectivity index (χ0v) is 13.2. The molecule has 3 rings (SSSR count). The average molecular weight is 315 g/mol. The van der Waals surface area contributed by atoms with Crippen molar-refractivity contribution in [3.8, 4) is 0 Å². The molecule has 23 heavy (non-hydrogen) atoms. The van der Waals surface area contributed by atoms with Crippen molar-refractivity contribution >= 4 is 11.6 Å². The molecule has 2 heterocycles. The number of aromatic nitrogens is 1. The van der Waals surface area contributed by atoms with Crippen molar-refractivity contribution in [2.45, 2.75) is 19.9 Å². The summed E-state index contributed by atoms with van der Waals surface area (Å²) in [5, 5.41) is 6.77. The molecule has 2 aromatic rings. The molecule has 0 bridgehead atoms. The van der Waals surface area contributed by atoms with E-state index in [1.165, 1.54) is 0 Å². The lowest BCUT2D eigenvalue weighted by atomic mass is 10.1. The van der Waals surface area contributed by atoms with Crippen molar-refractivity contribution < 1.29 is 14.1 Å². The van der Waals surface area contributed by atoms with Gasteiger partial charge in [-0.15, -0.1) is 0 Å². The standard InChI is InChI=1S/C17H21N3O3/c1-13-10-15(23-19-13)11-17(21)18-16-5-3-2-4-14(16)12-20-6-8-22-9-7-20/h2-5,10H,6-9,11-12H2,1H3,(H,18,21). The van der Waals surface area contributed by atoms with Crippen molar-refractivity contribution in [3.63, 3.8) is 0 Å². The summed E-state index contributed by atoms with van der Waals surface area (Å²) >= 11 is 0. The van der Waals surface area contributed by atoms with Crippen LogP contribution in [0.3, 0.4) is 0 Å². The first-order valence-electron chi connectivity index (χ1n) is 7.81. The number of aryl methyl sites for hydroxylation is 1. The van der Waals surface area contributed by atoms with E-state index in [1.54, 1.807) is 6.07 Å². The third kappa shape index (κ3) is 4.40. The summed E-state index contributed by atoms with van der Waals surface area (Å²) in [5.41, 5.74) is 2.73. The summed E-state index contributed by atoms with van der Waals surface area (Å²) in [6, 6.07) is 9.67. The average Bonchev–Trinajstić information content (AvgIpc) is 2.95. The van der Waals surface area contributed by atoms with Gasteiger partial charge in [-0.05, 0) is 18.6 Å². The molecule has 1 fully saturated rings. The van der Waals surface area contributed by atoms with Crippen LogP contribution in [-0.4, -0.2) is 42.3 Å². The van der Waals surface area contributed by atoms with Gasteiger partial charge in [-0.2, -0.15) is 0 Å². The van der Waals surface area contributed by atoms with Crippen LogP contribution in [0, 0.1) is 6.92 Å². The summed E-state index contributed by atoms with van der Waals surface area (Å²) in [7, 11) is 0. The van der Waals surface area contributed by atoms with Crippen molar-refractivity contribution in [1.82, 2.24) is 10.1 Å². The van der Waals surface area contributed by atoms with Gasteiger partial charge in [0.15, 0.2) is 0 Å². The molecule has 1 amide bonds. The van der Waals surface area contributed by atoms with E-state index in [1.807, 2.05) is 31.2 Å². The molecule has 0 aliphatic carbocycles. The topological polar surface area (TPSA) is 67.6 Å². The lowest BCUT2D eigenvalue weighted by Crippen LogP contribution is -2.35. The Hall–Kier alpha value is -2.18. The third-order valence-electron chi connectivity index (χ3n) is 3.80. The van der Waals surface area contributed by atoms with Gasteiger partial charge >= 0.3 is 0 Å². The number of benzene rings is 1. The predicted molar refractivity (Wildman–Crippen MR) is 86.1 cm³/mol. The Morgan fingerprint density at radius 1 is 1.30 bits per heavy atom. The fraction of sp³-hybridized carbons (Fsp3) is 0.412. The summed E-state index contributed by atoms with van der Waals surface area (Å²) in [6.07, 6.45) is 0.187. The molecule has 0 atom stereocenters. The number of para-hydroxylation sites is 1. The van der Waals surface area contributed by atoms with Gasteiger partial charge < -0.3 is 14.6 Å². The molecule has 0 spiro atoms. The summed E-state index contributed by atoms with van der Waals surface area (Å²) < 4.78 is 10.5. The number of carbonyl (C=O) groups excluding carboxylic acids is 1. The second-order valence-corrected chi connectivity index (χ2v) is 5.71. The van der Waals surface area contributed by atoms with E-state index in [9.17, 15) is 4.79 Å². The Kier molecular flexibility index (Phi) is 5.05. The van der Waals surface area contributed by atoms with E-state index in [4.69, 9.17) is 9.26 Å². The van der Waals surface area contributed by atoms with Gasteiger partial charge in [0.2, 0.25) is 5.91 Å². The van der Waals surface area contributed by atoms with Crippen LogP contribution in [0.15, 0.2) is 34.9 Å². The SMILES string of the molecule is Cc1cc(CC(=O)Nc2ccccc2CN2CCOCC2)on1. The lowest BCUT2D eigenvalue weighted by molar-refractivity contribution is -0.115. The van der Waals surface area contributed by atoms with Crippen molar-refractivity contribution in [2.75, 3.05) is 31.6 Å². The number of anilines is 1. The summed E-state index contributed by atoms with van der Waals surface area (Å²) in [6.45, 7) is 6.00. The third-order valence-corrected chi connectivity index (χ3v) is 3.80. The lowest BCUT2D eigenvalue weighted by Gasteiger charge is -2.27. The monoisotopic (exact) mass is 315 g/mol. The molecule has 0 saturated carbocycles. The van der Waals surface area contributed by atoms with Crippen molar-refractivity contribution in [1.29, 1.82) is 0 Å². The molecule has 122 valence electrons. The molecule has 1 aliphatic rings. The quantitative estimate of drug-likeness (QED) is 0.914. The van der Waals surface area contributed by atoms with Crippen LogP contribution in [0.5, 0.6) is 0 Å². The van der Waals surface area contributed by atoms with Gasteiger partial charge in [0, 0.05) is 31.4 Å². The van der Waals surface area contributed by atoms with Gasteiger partial charge in [-0.1, -0.05) is 23.4 Å². The molecule has 0 radical (unpaired) electrons. The van der Waals surface area contributed by atoms with Crippen molar-refractivity contribution in [3.05, 3.63) is 47.3 Å². The second-order valence-electron chi connectivity index (χ2n) is 5.71. The zero-order valence-electron chi connectivity index (χ0n) is 13.2. The second kappa shape index (κ2) is 7.39. The fourth-order valence-electron chi connectivity index (χ4n) is 2.63. The number of rotatable bonds is 5. The van der Waals surface area contributed by atoms with Crippen LogP contribution >= 0.6 is 0 Å². The van der Waals surface area contributed by atoms with Gasteiger partial charge in [0.25, 0.3) is 0 Å². The van der Waals surface area contributed by atoms with Crippen LogP contribution < -0.4 is 5.32 Å². The first-order chi connectivity index (χ1) is 11.2. The molecule has 1 N–H and O–H groups in total. The zero-order chi connectivity index (χ0) is 16.1. The van der Waals surface area contributed by atoms with Gasteiger partial charge in [-0.25, -0.2) is 0 Å². The number of nitrogens with one attached hydrogen (secondary N) is 1. The molecule has 1 aromatic heterocycles. The highest BCUT2D eigenvalue weighted by Gasteiger charge is 2.14. The van der Waals surface area contributed by atoms with E-state index in [-0.39, 0.29) is 12.3 Å². The maximum absolute atomic E-state index is 12.2. The van der Waals surface area contributed by atoms with E-state index >= 15 is 0 Å². The van der Waals surface area contributed by atoms with Crippen LogP contribution in [0.2, 0.25) is 0 Å². The first-order valence-corrected chi connectivity index (χ1v) is 7.81. The largest absolute Gasteiger partial charge is 0.379 e. The number of amides is 1. The highest BCUT2D eigenvalue weighted by atomic mass is 16.5. The smallest absolute Gasteiger partial charge is 0.232 e. The molecule has 6 nitrogen and oxygen atoms in total. The van der Waals surface area contributed by atoms with Crippen LogP contribution in [-0.2, 0) is 22.5 Å². The minimum absolute atomic E-state index is 0.101. The Balaban J connectivity index is 1.63. The van der Waals surface area contributed by atoms with E-state index < -0.39 is 0 Å². The van der Waals surface area contributed by atoms with E-state index in [0.717, 1.165) is 49.8 Å². The normalized spacial score (nSPS) is 15.5. The number of hydrogen-bond acceptors (Lipinski definition) is 5. The highest BCUT2D eigenvalue weighted by molar-refractivity contribution is 5.92. The fourth-order valence-corrected chi connectivity index (χ4v) is 2.63. The van der Waals surface area contributed by atoms with E-state index in [2.05, 4.69) is 15.4 Å².